The Morgan fingerprint density at radius 3 is 2.65 bits per heavy atom. The van der Waals surface area contributed by atoms with E-state index < -0.39 is 0 Å². The van der Waals surface area contributed by atoms with Gasteiger partial charge in [-0.1, -0.05) is 24.6 Å². The molecule has 5 heteroatoms. The number of carbonyl (C=O) groups excluding carboxylic acids is 1. The molecule has 1 amide bonds. The Labute approximate surface area is 118 Å². The summed E-state index contributed by atoms with van der Waals surface area (Å²) in [6.07, 6.45) is 4.06. The van der Waals surface area contributed by atoms with Crippen molar-refractivity contribution in [3.05, 3.63) is 47.9 Å². The highest BCUT2D eigenvalue weighted by molar-refractivity contribution is 6.02. The molecule has 5 nitrogen and oxygen atoms in total. The quantitative estimate of drug-likeness (QED) is 0.876. The van der Waals surface area contributed by atoms with Gasteiger partial charge in [-0.3, -0.25) is 9.78 Å². The molecule has 0 fully saturated rings. The second-order valence-electron chi connectivity index (χ2n) is 4.54. The first-order chi connectivity index (χ1) is 9.69. The van der Waals surface area contributed by atoms with Crippen LogP contribution in [0.3, 0.4) is 0 Å². The van der Waals surface area contributed by atoms with Crippen LogP contribution in [0.2, 0.25) is 0 Å². The number of hydrogen-bond acceptors (Lipinski definition) is 4. The third-order valence-electron chi connectivity index (χ3n) is 2.73. The third kappa shape index (κ3) is 3.78. The van der Waals surface area contributed by atoms with Crippen LogP contribution in [0.5, 0.6) is 0 Å². The van der Waals surface area contributed by atoms with Gasteiger partial charge in [0.1, 0.15) is 11.5 Å². The number of nitrogens with zero attached hydrogens (tertiary/aromatic N) is 2. The summed E-state index contributed by atoms with van der Waals surface area (Å²) in [7, 11) is 0. The number of aromatic nitrogens is 2. The zero-order chi connectivity index (χ0) is 14.4. The monoisotopic (exact) mass is 270 g/mol. The number of amides is 1. The van der Waals surface area contributed by atoms with Crippen molar-refractivity contribution in [2.24, 2.45) is 0 Å². The third-order valence-corrected chi connectivity index (χ3v) is 2.73. The summed E-state index contributed by atoms with van der Waals surface area (Å²) in [5, 5.41) is 5.91. The SMILES string of the molecule is CCCNc1cncc(C(=O)Nc2ccc(C)cc2)n1. The number of benzene rings is 1. The fourth-order valence-corrected chi connectivity index (χ4v) is 1.65. The topological polar surface area (TPSA) is 66.9 Å². The predicted octanol–water partition coefficient (Wildman–Crippen LogP) is 2.86. The van der Waals surface area contributed by atoms with Crippen molar-refractivity contribution < 1.29 is 4.79 Å². The minimum atomic E-state index is -0.262. The maximum absolute atomic E-state index is 12.1. The maximum Gasteiger partial charge on any atom is 0.275 e. The molecule has 1 heterocycles. The van der Waals surface area contributed by atoms with Crippen LogP contribution >= 0.6 is 0 Å². The van der Waals surface area contributed by atoms with Crippen LogP contribution in [0.1, 0.15) is 29.4 Å². The molecule has 104 valence electrons. The van der Waals surface area contributed by atoms with Crippen molar-refractivity contribution in [1.82, 2.24) is 9.97 Å². The first kappa shape index (κ1) is 14.0. The van der Waals surface area contributed by atoms with Crippen molar-refractivity contribution in [3.63, 3.8) is 0 Å². The standard InChI is InChI=1S/C15H18N4O/c1-3-8-17-14-10-16-9-13(19-14)15(20)18-12-6-4-11(2)5-7-12/h4-7,9-10H,3,8H2,1-2H3,(H,17,19)(H,18,20). The molecule has 0 aliphatic carbocycles. The average Bonchev–Trinajstić information content (AvgIpc) is 2.48. The van der Waals surface area contributed by atoms with Gasteiger partial charge in [0.05, 0.1) is 12.4 Å². The summed E-state index contributed by atoms with van der Waals surface area (Å²) in [4.78, 5) is 20.4. The van der Waals surface area contributed by atoms with Crippen LogP contribution in [0.4, 0.5) is 11.5 Å². The van der Waals surface area contributed by atoms with Crippen LogP contribution in [-0.2, 0) is 0 Å². The summed E-state index contributed by atoms with van der Waals surface area (Å²) in [6.45, 7) is 4.87. The van der Waals surface area contributed by atoms with Gasteiger partial charge in [-0.15, -0.1) is 0 Å². The van der Waals surface area contributed by atoms with Crippen molar-refractivity contribution in [3.8, 4) is 0 Å². The number of hydrogen-bond donors (Lipinski definition) is 2. The molecule has 0 saturated heterocycles. The number of carbonyl (C=O) groups is 1. The van der Waals surface area contributed by atoms with E-state index in [9.17, 15) is 4.79 Å². The van der Waals surface area contributed by atoms with Gasteiger partial charge in [0.25, 0.3) is 5.91 Å². The Kier molecular flexibility index (Phi) is 4.65. The largest absolute Gasteiger partial charge is 0.369 e. The van der Waals surface area contributed by atoms with E-state index in [0.29, 0.717) is 11.5 Å². The van der Waals surface area contributed by atoms with Gasteiger partial charge >= 0.3 is 0 Å². The van der Waals surface area contributed by atoms with Gasteiger partial charge in [0.15, 0.2) is 0 Å². The molecule has 0 aliphatic heterocycles. The maximum atomic E-state index is 12.1. The summed E-state index contributed by atoms with van der Waals surface area (Å²) >= 11 is 0. The summed E-state index contributed by atoms with van der Waals surface area (Å²) in [6, 6.07) is 7.61. The van der Waals surface area contributed by atoms with Gasteiger partial charge in [-0.2, -0.15) is 0 Å². The lowest BCUT2D eigenvalue weighted by atomic mass is 10.2. The normalized spacial score (nSPS) is 10.1. The zero-order valence-corrected chi connectivity index (χ0v) is 11.7. The second-order valence-corrected chi connectivity index (χ2v) is 4.54. The summed E-state index contributed by atoms with van der Waals surface area (Å²) in [5.41, 5.74) is 2.19. The molecule has 0 radical (unpaired) electrons. The lowest BCUT2D eigenvalue weighted by Gasteiger charge is -2.07. The molecule has 0 aliphatic rings. The van der Waals surface area contributed by atoms with Gasteiger partial charge < -0.3 is 10.6 Å². The van der Waals surface area contributed by atoms with Gasteiger partial charge in [-0.25, -0.2) is 4.98 Å². The molecule has 0 atom stereocenters. The Hall–Kier alpha value is -2.43. The lowest BCUT2D eigenvalue weighted by molar-refractivity contribution is 0.102. The van der Waals surface area contributed by atoms with E-state index in [2.05, 4.69) is 27.5 Å². The van der Waals surface area contributed by atoms with E-state index in [1.807, 2.05) is 31.2 Å². The number of aryl methyl sites for hydroxylation is 1. The van der Waals surface area contributed by atoms with Gasteiger partial charge in [0.2, 0.25) is 0 Å². The fraction of sp³-hybridized carbons (Fsp3) is 0.267. The van der Waals surface area contributed by atoms with E-state index in [1.165, 1.54) is 6.20 Å². The molecule has 20 heavy (non-hydrogen) atoms. The van der Waals surface area contributed by atoms with E-state index >= 15 is 0 Å². The molecule has 2 aromatic rings. The van der Waals surface area contributed by atoms with Crippen molar-refractivity contribution in [2.45, 2.75) is 20.3 Å². The second kappa shape index (κ2) is 6.65. The number of rotatable bonds is 5. The minimum absolute atomic E-state index is 0.262. The first-order valence-electron chi connectivity index (χ1n) is 6.63. The van der Waals surface area contributed by atoms with Crippen LogP contribution in [0.25, 0.3) is 0 Å². The van der Waals surface area contributed by atoms with Crippen LogP contribution < -0.4 is 10.6 Å². The van der Waals surface area contributed by atoms with Crippen molar-refractivity contribution in [1.29, 1.82) is 0 Å². The molecular weight excluding hydrogens is 252 g/mol. The highest BCUT2D eigenvalue weighted by Gasteiger charge is 2.09. The van der Waals surface area contributed by atoms with Crippen molar-refractivity contribution >= 4 is 17.4 Å². The highest BCUT2D eigenvalue weighted by Crippen LogP contribution is 2.10. The molecule has 2 N–H and O–H groups in total. The van der Waals surface area contributed by atoms with E-state index in [-0.39, 0.29) is 5.91 Å². The lowest BCUT2D eigenvalue weighted by Crippen LogP contribution is -2.15. The minimum Gasteiger partial charge on any atom is -0.369 e. The number of anilines is 2. The summed E-state index contributed by atoms with van der Waals surface area (Å²) in [5.74, 6) is 0.352. The molecule has 0 spiro atoms. The fourth-order valence-electron chi connectivity index (χ4n) is 1.65. The average molecular weight is 270 g/mol. The van der Waals surface area contributed by atoms with E-state index in [1.54, 1.807) is 6.20 Å². The van der Waals surface area contributed by atoms with Gasteiger partial charge in [0, 0.05) is 12.2 Å². The molecule has 1 aromatic carbocycles. The Morgan fingerprint density at radius 2 is 1.95 bits per heavy atom. The van der Waals surface area contributed by atoms with Crippen LogP contribution in [0, 0.1) is 6.92 Å². The van der Waals surface area contributed by atoms with Crippen LogP contribution in [0.15, 0.2) is 36.7 Å². The molecule has 0 unspecified atom stereocenters. The number of nitrogens with one attached hydrogen (secondary N) is 2. The zero-order valence-electron chi connectivity index (χ0n) is 11.7. The summed E-state index contributed by atoms with van der Waals surface area (Å²) < 4.78 is 0. The Bertz CT molecular complexity index is 581. The molecular formula is C15H18N4O. The predicted molar refractivity (Wildman–Crippen MR) is 79.9 cm³/mol. The van der Waals surface area contributed by atoms with Crippen LogP contribution in [-0.4, -0.2) is 22.4 Å². The van der Waals surface area contributed by atoms with E-state index in [0.717, 1.165) is 24.2 Å². The molecule has 1 aromatic heterocycles. The Morgan fingerprint density at radius 1 is 1.20 bits per heavy atom. The highest BCUT2D eigenvalue weighted by atomic mass is 16.1. The van der Waals surface area contributed by atoms with Crippen molar-refractivity contribution in [2.75, 3.05) is 17.2 Å². The smallest absolute Gasteiger partial charge is 0.275 e. The molecule has 0 saturated carbocycles. The molecule has 2 rings (SSSR count). The van der Waals surface area contributed by atoms with E-state index in [4.69, 9.17) is 0 Å². The first-order valence-corrected chi connectivity index (χ1v) is 6.63. The Balaban J connectivity index is 2.06. The van der Waals surface area contributed by atoms with Gasteiger partial charge in [-0.05, 0) is 25.5 Å². The molecule has 0 bridgehead atoms.